The normalized spacial score (nSPS) is 18.4. The van der Waals surface area contributed by atoms with Gasteiger partial charge in [-0.1, -0.05) is 30.3 Å². The Hall–Kier alpha value is -1.59. The topological polar surface area (TPSA) is 47.6 Å². The highest BCUT2D eigenvalue weighted by atomic mass is 16.2. The summed E-state index contributed by atoms with van der Waals surface area (Å²) in [6.45, 7) is 0. The lowest BCUT2D eigenvalue weighted by Gasteiger charge is -2.37. The largest absolute Gasteiger partial charge is 0.348 e. The van der Waals surface area contributed by atoms with Crippen molar-refractivity contribution in [3.8, 4) is 0 Å². The van der Waals surface area contributed by atoms with E-state index in [9.17, 15) is 4.79 Å². The summed E-state index contributed by atoms with van der Waals surface area (Å²) >= 11 is 0. The maximum atomic E-state index is 11.4. The molecule has 0 bridgehead atoms. The Bertz CT molecular complexity index is 340. The number of carbonyl (C=O) groups excluding carboxylic acids is 1. The summed E-state index contributed by atoms with van der Waals surface area (Å²) in [6.07, 6.45) is -0.0705. The maximum absolute atomic E-state index is 11.4. The Balaban J connectivity index is 2.16. The monoisotopic (exact) mass is 206 g/mol. The lowest BCUT2D eigenvalue weighted by atomic mass is 10.2. The van der Waals surface area contributed by atoms with Crippen LogP contribution in [0.25, 0.3) is 0 Å². The third kappa shape index (κ3) is 1.93. The average Bonchev–Trinajstić information content (AvgIpc) is 2.26. The molecule has 0 atom stereocenters. The van der Waals surface area contributed by atoms with Crippen molar-refractivity contribution >= 4 is 6.03 Å². The number of nitrogens with one attached hydrogen (secondary N) is 2. The molecule has 2 amide bonds. The van der Waals surface area contributed by atoms with E-state index in [0.717, 1.165) is 5.56 Å². The Labute approximate surface area is 88.6 Å². The van der Waals surface area contributed by atoms with Crippen molar-refractivity contribution in [3.05, 3.63) is 35.9 Å². The third-order valence-corrected chi connectivity index (χ3v) is 2.35. The van der Waals surface area contributed by atoms with Gasteiger partial charge in [0.2, 0.25) is 0 Å². The zero-order valence-electron chi connectivity index (χ0n) is 8.77. The number of nitrogens with zero attached hydrogens (tertiary/aromatic N) is 2. The number of rotatable bonds is 1. The fourth-order valence-electron chi connectivity index (χ4n) is 1.55. The first-order valence-corrected chi connectivity index (χ1v) is 4.77. The van der Waals surface area contributed by atoms with Gasteiger partial charge in [-0.15, -0.1) is 0 Å². The molecule has 1 aromatic rings. The number of hydrogen-bond acceptors (Lipinski definition) is 3. The van der Waals surface area contributed by atoms with E-state index in [-0.39, 0.29) is 12.2 Å². The van der Waals surface area contributed by atoms with Gasteiger partial charge in [-0.2, -0.15) is 0 Å². The predicted molar refractivity (Wildman–Crippen MR) is 56.4 cm³/mol. The molecule has 1 fully saturated rings. The van der Waals surface area contributed by atoms with Crippen molar-refractivity contribution in [1.82, 2.24) is 20.9 Å². The quantitative estimate of drug-likeness (QED) is 0.710. The molecule has 1 saturated heterocycles. The minimum atomic E-state index is -0.109. The molecule has 1 aromatic carbocycles. The first kappa shape index (κ1) is 9.95. The van der Waals surface area contributed by atoms with Crippen molar-refractivity contribution in [2.75, 3.05) is 14.1 Å². The van der Waals surface area contributed by atoms with Crippen LogP contribution >= 0.6 is 0 Å². The van der Waals surface area contributed by atoms with Gasteiger partial charge < -0.3 is 0 Å². The van der Waals surface area contributed by atoms with E-state index in [1.165, 1.54) is 10.0 Å². The van der Waals surface area contributed by atoms with Gasteiger partial charge in [-0.05, 0) is 5.56 Å². The third-order valence-electron chi connectivity index (χ3n) is 2.35. The standard InChI is InChI=1S/C10H14N4O/c1-13-10(15)14(2)12-9(11-13)8-6-4-3-5-7-8/h3-7,9,11-12H,1-2H3. The number of benzene rings is 1. The van der Waals surface area contributed by atoms with E-state index in [2.05, 4.69) is 10.9 Å². The summed E-state index contributed by atoms with van der Waals surface area (Å²) < 4.78 is 0. The van der Waals surface area contributed by atoms with Crippen LogP contribution in [0.2, 0.25) is 0 Å². The molecule has 0 aliphatic carbocycles. The van der Waals surface area contributed by atoms with Crippen LogP contribution < -0.4 is 10.9 Å². The van der Waals surface area contributed by atoms with E-state index in [4.69, 9.17) is 0 Å². The van der Waals surface area contributed by atoms with Gasteiger partial charge in [0.05, 0.1) is 0 Å². The lowest BCUT2D eigenvalue weighted by molar-refractivity contribution is 0.0580. The summed E-state index contributed by atoms with van der Waals surface area (Å²) in [5, 5.41) is 2.93. The van der Waals surface area contributed by atoms with Gasteiger partial charge in [-0.3, -0.25) is 10.0 Å². The van der Waals surface area contributed by atoms with Gasteiger partial charge >= 0.3 is 6.03 Å². The summed E-state index contributed by atoms with van der Waals surface area (Å²) in [4.78, 5) is 11.4. The molecule has 1 heterocycles. The number of hydrazine groups is 2. The lowest BCUT2D eigenvalue weighted by Crippen LogP contribution is -2.62. The zero-order chi connectivity index (χ0) is 10.8. The Morgan fingerprint density at radius 1 is 1.07 bits per heavy atom. The molecule has 15 heavy (non-hydrogen) atoms. The van der Waals surface area contributed by atoms with Crippen LogP contribution in [-0.4, -0.2) is 30.1 Å². The number of carbonyl (C=O) groups is 1. The molecule has 0 aromatic heterocycles. The van der Waals surface area contributed by atoms with E-state index in [1.54, 1.807) is 14.1 Å². The SMILES string of the molecule is CN1NC(c2ccccc2)NN(C)C1=O. The molecular weight excluding hydrogens is 192 g/mol. The fraction of sp³-hybridized carbons (Fsp3) is 0.300. The maximum Gasteiger partial charge on any atom is 0.348 e. The van der Waals surface area contributed by atoms with Gasteiger partial charge in [0.25, 0.3) is 0 Å². The second kappa shape index (κ2) is 3.88. The molecule has 80 valence electrons. The molecular formula is C10H14N4O. The minimum absolute atomic E-state index is 0.0705. The van der Waals surface area contributed by atoms with Crippen LogP contribution in [0, 0.1) is 0 Å². The van der Waals surface area contributed by atoms with Crippen LogP contribution in [0.1, 0.15) is 11.7 Å². The van der Waals surface area contributed by atoms with Crippen molar-refractivity contribution in [2.45, 2.75) is 6.17 Å². The number of amides is 2. The summed E-state index contributed by atoms with van der Waals surface area (Å²) in [5.41, 5.74) is 7.17. The van der Waals surface area contributed by atoms with E-state index < -0.39 is 0 Å². The second-order valence-corrected chi connectivity index (χ2v) is 3.50. The number of hydrogen-bond donors (Lipinski definition) is 2. The first-order valence-electron chi connectivity index (χ1n) is 4.77. The van der Waals surface area contributed by atoms with Crippen LogP contribution in [0.4, 0.5) is 4.79 Å². The highest BCUT2D eigenvalue weighted by molar-refractivity contribution is 5.73. The van der Waals surface area contributed by atoms with Crippen molar-refractivity contribution in [2.24, 2.45) is 0 Å². The Morgan fingerprint density at radius 3 is 2.13 bits per heavy atom. The average molecular weight is 206 g/mol. The van der Waals surface area contributed by atoms with Gasteiger partial charge in [0, 0.05) is 14.1 Å². The van der Waals surface area contributed by atoms with E-state index >= 15 is 0 Å². The Morgan fingerprint density at radius 2 is 1.60 bits per heavy atom. The minimum Gasteiger partial charge on any atom is -0.260 e. The molecule has 5 heteroatoms. The molecule has 2 N–H and O–H groups in total. The molecule has 1 aliphatic heterocycles. The van der Waals surface area contributed by atoms with Crippen molar-refractivity contribution in [1.29, 1.82) is 0 Å². The Kier molecular flexibility index (Phi) is 2.57. The van der Waals surface area contributed by atoms with E-state index in [1.807, 2.05) is 30.3 Å². The van der Waals surface area contributed by atoms with Crippen LogP contribution in [0.15, 0.2) is 30.3 Å². The van der Waals surface area contributed by atoms with Crippen LogP contribution in [0.3, 0.4) is 0 Å². The summed E-state index contributed by atoms with van der Waals surface area (Å²) in [5.74, 6) is 0. The van der Waals surface area contributed by atoms with Gasteiger partial charge in [0.15, 0.2) is 0 Å². The fourth-order valence-corrected chi connectivity index (χ4v) is 1.55. The van der Waals surface area contributed by atoms with Gasteiger partial charge in [-0.25, -0.2) is 15.6 Å². The van der Waals surface area contributed by atoms with Crippen LogP contribution in [0.5, 0.6) is 0 Å². The zero-order valence-corrected chi connectivity index (χ0v) is 8.77. The smallest absolute Gasteiger partial charge is 0.260 e. The van der Waals surface area contributed by atoms with Crippen molar-refractivity contribution < 1.29 is 4.79 Å². The highest BCUT2D eigenvalue weighted by Gasteiger charge is 2.26. The van der Waals surface area contributed by atoms with Crippen molar-refractivity contribution in [3.63, 3.8) is 0 Å². The molecule has 0 unspecified atom stereocenters. The van der Waals surface area contributed by atoms with Gasteiger partial charge in [0.1, 0.15) is 6.17 Å². The first-order chi connectivity index (χ1) is 7.18. The second-order valence-electron chi connectivity index (χ2n) is 3.50. The molecule has 0 spiro atoms. The summed E-state index contributed by atoms with van der Waals surface area (Å²) in [6, 6.07) is 9.79. The van der Waals surface area contributed by atoms with Crippen LogP contribution in [-0.2, 0) is 0 Å². The van der Waals surface area contributed by atoms with E-state index in [0.29, 0.717) is 0 Å². The molecule has 1 aliphatic rings. The summed E-state index contributed by atoms with van der Waals surface area (Å²) in [7, 11) is 3.41. The highest BCUT2D eigenvalue weighted by Crippen LogP contribution is 2.13. The molecule has 5 nitrogen and oxygen atoms in total. The number of urea groups is 1. The predicted octanol–water partition coefficient (Wildman–Crippen LogP) is 0.692. The molecule has 2 rings (SSSR count). The molecule has 0 radical (unpaired) electrons. The molecule has 0 saturated carbocycles.